The number of Topliss-reactive ketones (excluding diaryl/α,β-unsaturated/α-hetero) is 1. The summed E-state index contributed by atoms with van der Waals surface area (Å²) in [5, 5.41) is 20.4. The second-order valence-corrected chi connectivity index (χ2v) is 17.0. The minimum Gasteiger partial charge on any atom is -0.481 e. The Labute approximate surface area is 285 Å². The molecule has 4 rings (SSSR count). The van der Waals surface area contributed by atoms with Gasteiger partial charge in [0.05, 0.1) is 12.0 Å². The van der Waals surface area contributed by atoms with E-state index in [2.05, 4.69) is 13.8 Å². The molecule has 4 nitrogen and oxygen atoms in total. The molecule has 0 radical (unpaired) electrons. The number of aliphatic hydroxyl groups is 1. The molecule has 0 amide bonds. The number of alkyl halides is 5. The first kappa shape index (κ1) is 39.5. The summed E-state index contributed by atoms with van der Waals surface area (Å²) in [4.78, 5) is 23.8. The molecule has 4 aliphatic carbocycles. The first-order chi connectivity index (χ1) is 22.6. The summed E-state index contributed by atoms with van der Waals surface area (Å²) in [6.45, 7) is 4.90. The molecule has 4 aliphatic rings. The molecular weight excluding hydrogens is 627 g/mol. The van der Waals surface area contributed by atoms with Crippen molar-refractivity contribution in [3.05, 3.63) is 0 Å². The molecule has 0 aromatic heterocycles. The van der Waals surface area contributed by atoms with E-state index < -0.39 is 36.8 Å². The third kappa shape index (κ3) is 9.34. The van der Waals surface area contributed by atoms with Gasteiger partial charge >= 0.3 is 18.1 Å². The third-order valence-corrected chi connectivity index (χ3v) is 13.9. The molecule has 0 aromatic carbocycles. The van der Waals surface area contributed by atoms with E-state index in [1.54, 1.807) is 0 Å². The number of carboxylic acid groups (broad SMARTS) is 1. The van der Waals surface area contributed by atoms with Crippen LogP contribution < -0.4 is 0 Å². The molecule has 9 atom stereocenters. The zero-order valence-corrected chi connectivity index (χ0v) is 29.6. The first-order valence-corrected chi connectivity index (χ1v) is 19.5. The van der Waals surface area contributed by atoms with Gasteiger partial charge in [0, 0.05) is 19.3 Å². The summed E-state index contributed by atoms with van der Waals surface area (Å²) in [5.41, 5.74) is 0.325. The summed E-state index contributed by atoms with van der Waals surface area (Å²) >= 11 is 0. The molecule has 0 heterocycles. The van der Waals surface area contributed by atoms with Gasteiger partial charge in [-0.05, 0) is 98.2 Å². The normalized spacial score (nSPS) is 34.4. The van der Waals surface area contributed by atoms with Gasteiger partial charge in [-0.1, -0.05) is 90.9 Å². The lowest BCUT2D eigenvalue weighted by atomic mass is 9.42. The van der Waals surface area contributed by atoms with E-state index in [0.29, 0.717) is 48.2 Å². The smallest absolute Gasteiger partial charge is 0.453 e. The van der Waals surface area contributed by atoms with Crippen LogP contribution in [-0.2, 0) is 9.59 Å². The average molecular weight is 691 g/mol. The molecule has 0 spiro atoms. The van der Waals surface area contributed by atoms with Crippen LogP contribution in [0.2, 0.25) is 0 Å². The highest BCUT2D eigenvalue weighted by atomic mass is 19.4. The summed E-state index contributed by atoms with van der Waals surface area (Å²) in [6.07, 6.45) is 14.1. The lowest BCUT2D eigenvalue weighted by Crippen LogP contribution is -2.57. The van der Waals surface area contributed by atoms with Crippen molar-refractivity contribution >= 4 is 11.8 Å². The lowest BCUT2D eigenvalue weighted by molar-refractivity contribution is -0.284. The Hall–Kier alpha value is -1.25. The standard InChI is InChI=1S/C39H63F5O4/c1-36-24-22-30(45)25-29(36)18-19-31-32-20-21-33(46)37(32,2)26-28(34(31)36)16-13-11-9-7-5-3-4-6-8-10-12-15-27(35(47)48)17-14-23-38(40,41)39(42,43)44/h27-29,31-34,46H,3-26H2,1-2H3,(H,47,48)/t27?,28?,29?,31-,32-,33?,34+,36-,37-/m0/s1. The maximum absolute atomic E-state index is 13.1. The van der Waals surface area contributed by atoms with E-state index in [0.717, 1.165) is 57.8 Å². The zero-order chi connectivity index (χ0) is 35.2. The molecule has 0 aromatic rings. The van der Waals surface area contributed by atoms with Crippen molar-refractivity contribution in [3.63, 3.8) is 0 Å². The van der Waals surface area contributed by atoms with Gasteiger partial charge in [0.1, 0.15) is 5.78 Å². The number of hydrogen-bond donors (Lipinski definition) is 2. The number of carboxylic acids is 1. The molecule has 278 valence electrons. The van der Waals surface area contributed by atoms with E-state index in [-0.39, 0.29) is 23.4 Å². The van der Waals surface area contributed by atoms with Crippen molar-refractivity contribution in [3.8, 4) is 0 Å². The van der Waals surface area contributed by atoms with Crippen molar-refractivity contribution in [2.24, 2.45) is 46.3 Å². The highest BCUT2D eigenvalue weighted by molar-refractivity contribution is 5.79. The van der Waals surface area contributed by atoms with E-state index >= 15 is 0 Å². The first-order valence-electron chi connectivity index (χ1n) is 19.5. The van der Waals surface area contributed by atoms with Crippen LogP contribution in [0.5, 0.6) is 0 Å². The number of fused-ring (bicyclic) bond motifs is 5. The minimum atomic E-state index is -5.59. The number of unbranched alkanes of at least 4 members (excludes halogenated alkanes) is 10. The molecule has 2 N–H and O–H groups in total. The minimum absolute atomic E-state index is 0.0531. The molecular formula is C39H63F5O4. The van der Waals surface area contributed by atoms with Crippen molar-refractivity contribution in [1.82, 2.24) is 0 Å². The van der Waals surface area contributed by atoms with Crippen molar-refractivity contribution < 1.29 is 41.8 Å². The van der Waals surface area contributed by atoms with E-state index in [1.807, 2.05) is 0 Å². The highest BCUT2D eigenvalue weighted by Crippen LogP contribution is 2.68. The van der Waals surface area contributed by atoms with Gasteiger partial charge in [-0.25, -0.2) is 0 Å². The topological polar surface area (TPSA) is 74.6 Å². The fraction of sp³-hybridized carbons (Fsp3) is 0.949. The van der Waals surface area contributed by atoms with Crippen molar-refractivity contribution in [1.29, 1.82) is 0 Å². The predicted octanol–water partition coefficient (Wildman–Crippen LogP) is 11.3. The monoisotopic (exact) mass is 690 g/mol. The maximum Gasteiger partial charge on any atom is 0.453 e. The quantitative estimate of drug-likeness (QED) is 0.104. The van der Waals surface area contributed by atoms with Gasteiger partial charge in [0.25, 0.3) is 0 Å². The van der Waals surface area contributed by atoms with Gasteiger partial charge < -0.3 is 10.2 Å². The van der Waals surface area contributed by atoms with E-state index in [4.69, 9.17) is 0 Å². The Morgan fingerprint density at radius 1 is 0.812 bits per heavy atom. The summed E-state index contributed by atoms with van der Waals surface area (Å²) in [6, 6.07) is 0. The van der Waals surface area contributed by atoms with Gasteiger partial charge in [-0.15, -0.1) is 0 Å². The van der Waals surface area contributed by atoms with Crippen LogP contribution in [0.15, 0.2) is 0 Å². The van der Waals surface area contributed by atoms with Crippen molar-refractivity contribution in [2.45, 2.75) is 186 Å². The highest BCUT2D eigenvalue weighted by Gasteiger charge is 2.62. The molecule has 9 heteroatoms. The van der Waals surface area contributed by atoms with Crippen LogP contribution in [0.25, 0.3) is 0 Å². The molecule has 0 aliphatic heterocycles. The van der Waals surface area contributed by atoms with E-state index in [1.165, 1.54) is 64.2 Å². The maximum atomic E-state index is 13.1. The Kier molecular flexibility index (Phi) is 13.9. The number of aliphatic carboxylic acids is 1. The molecule has 0 bridgehead atoms. The SMILES string of the molecule is C[C@]12CCC(=O)CC1CC[C@@H]1[C@H]2C(CCCCCCCCCCCCCC(CCCC(F)(F)C(F)(F)F)C(=O)O)C[C@]2(C)C(O)CC[C@@H]12. The zero-order valence-electron chi connectivity index (χ0n) is 29.6. The predicted molar refractivity (Wildman–Crippen MR) is 178 cm³/mol. The van der Waals surface area contributed by atoms with Gasteiger partial charge in [0.15, 0.2) is 0 Å². The number of hydrogen-bond acceptors (Lipinski definition) is 3. The van der Waals surface area contributed by atoms with Crippen molar-refractivity contribution in [2.75, 3.05) is 0 Å². The number of carbonyl (C=O) groups excluding carboxylic acids is 1. The lowest BCUT2D eigenvalue weighted by Gasteiger charge is -2.62. The summed E-state index contributed by atoms with van der Waals surface area (Å²) in [5.74, 6) is -3.08. The Bertz CT molecular complexity index is 1050. The summed E-state index contributed by atoms with van der Waals surface area (Å²) < 4.78 is 63.2. The van der Waals surface area contributed by atoms with Crippen LogP contribution in [0.3, 0.4) is 0 Å². The Morgan fingerprint density at radius 2 is 1.40 bits per heavy atom. The fourth-order valence-electron chi connectivity index (χ4n) is 11.2. The number of ketones is 1. The molecule has 4 fully saturated rings. The second kappa shape index (κ2) is 16.8. The second-order valence-electron chi connectivity index (χ2n) is 17.0. The Balaban J connectivity index is 1.08. The number of halogens is 5. The van der Waals surface area contributed by atoms with Crippen LogP contribution in [0.1, 0.15) is 168 Å². The molecule has 4 saturated carbocycles. The number of aliphatic hydroxyl groups excluding tert-OH is 1. The summed E-state index contributed by atoms with van der Waals surface area (Å²) in [7, 11) is 0. The third-order valence-electron chi connectivity index (χ3n) is 13.9. The largest absolute Gasteiger partial charge is 0.481 e. The van der Waals surface area contributed by atoms with Gasteiger partial charge in [0.2, 0.25) is 0 Å². The van der Waals surface area contributed by atoms with Gasteiger partial charge in [-0.2, -0.15) is 22.0 Å². The molecule has 4 unspecified atom stereocenters. The van der Waals surface area contributed by atoms with Crippen LogP contribution >= 0.6 is 0 Å². The van der Waals surface area contributed by atoms with Crippen LogP contribution in [-0.4, -0.2) is 40.2 Å². The van der Waals surface area contributed by atoms with Crippen LogP contribution in [0, 0.1) is 46.3 Å². The molecule has 0 saturated heterocycles. The van der Waals surface area contributed by atoms with Gasteiger partial charge in [-0.3, -0.25) is 9.59 Å². The van der Waals surface area contributed by atoms with Crippen LogP contribution in [0.4, 0.5) is 22.0 Å². The number of rotatable bonds is 19. The molecule has 48 heavy (non-hydrogen) atoms. The fourth-order valence-corrected chi connectivity index (χ4v) is 11.2. The average Bonchev–Trinajstić information content (AvgIpc) is 3.31. The van der Waals surface area contributed by atoms with E-state index in [9.17, 15) is 41.8 Å². The number of carbonyl (C=O) groups is 2. The Morgan fingerprint density at radius 3 is 2.00 bits per heavy atom.